The van der Waals surface area contributed by atoms with Crippen LogP contribution in [0.1, 0.15) is 68.4 Å². The van der Waals surface area contributed by atoms with E-state index in [1.54, 1.807) is 10.7 Å². The van der Waals surface area contributed by atoms with Crippen LogP contribution in [0.3, 0.4) is 0 Å². The fourth-order valence-electron chi connectivity index (χ4n) is 5.90. The fraction of sp³-hybridized carbons (Fsp3) is 0.577. The van der Waals surface area contributed by atoms with E-state index in [9.17, 15) is 37.4 Å². The van der Waals surface area contributed by atoms with Gasteiger partial charge in [0.1, 0.15) is 6.23 Å². The van der Waals surface area contributed by atoms with Crippen LogP contribution in [0.25, 0.3) is 5.65 Å². The van der Waals surface area contributed by atoms with Crippen molar-refractivity contribution >= 4 is 17.5 Å². The standard InChI is InChI=1S/C26H31F4N7O4/c1-2-36-18(7-9-32-36)21(38)34-20(15-4-3-8-25(27,28)10-15)17-12-37-19(33-17)6-5-16(35-37)11-24(23(40)41)13-26(29,30)14-31-22(24)39/h5-7,9,12,15,20-21,34,38H,2-4,8,10-11,13-14H2,1H3,(H,31,39)(H,40,41). The number of carboxylic acids is 1. The van der Waals surface area contributed by atoms with Gasteiger partial charge in [0.15, 0.2) is 11.1 Å². The first-order chi connectivity index (χ1) is 19.3. The van der Waals surface area contributed by atoms with Crippen LogP contribution in [0.4, 0.5) is 17.6 Å². The third-order valence-electron chi connectivity index (χ3n) is 7.92. The highest BCUT2D eigenvalue weighted by Gasteiger charge is 2.57. The summed E-state index contributed by atoms with van der Waals surface area (Å²) < 4.78 is 60.1. The van der Waals surface area contributed by atoms with Gasteiger partial charge in [0.05, 0.1) is 35.9 Å². The third-order valence-corrected chi connectivity index (χ3v) is 7.92. The van der Waals surface area contributed by atoms with Crippen molar-refractivity contribution in [1.82, 2.24) is 35.0 Å². The number of carboxylic acid groups (broad SMARTS) is 1. The molecule has 4 N–H and O–H groups in total. The van der Waals surface area contributed by atoms with Crippen molar-refractivity contribution in [1.29, 1.82) is 0 Å². The molecule has 4 heterocycles. The normalized spacial score (nSPS) is 25.5. The average molecular weight is 582 g/mol. The van der Waals surface area contributed by atoms with Gasteiger partial charge in [-0.3, -0.25) is 19.6 Å². The van der Waals surface area contributed by atoms with Gasteiger partial charge >= 0.3 is 5.97 Å². The van der Waals surface area contributed by atoms with Crippen molar-refractivity contribution < 1.29 is 37.4 Å². The SMILES string of the molecule is CCn1nccc1C(O)NC(c1cn2nc(CC3(C(=O)O)CC(F)(F)CNC3=O)ccc2n1)C1CCCC(F)(F)C1. The molecule has 1 aliphatic carbocycles. The van der Waals surface area contributed by atoms with E-state index in [0.717, 1.165) is 0 Å². The molecular formula is C26H31F4N7O4. The van der Waals surface area contributed by atoms with Crippen LogP contribution in [-0.4, -0.2) is 64.9 Å². The average Bonchev–Trinajstić information content (AvgIpc) is 3.55. The molecule has 5 rings (SSSR count). The van der Waals surface area contributed by atoms with Gasteiger partial charge in [0.2, 0.25) is 11.8 Å². The van der Waals surface area contributed by atoms with Crippen LogP contribution in [-0.2, 0) is 22.6 Å². The molecule has 0 spiro atoms. The Morgan fingerprint density at radius 2 is 2.02 bits per heavy atom. The molecule has 2 aliphatic rings. The Balaban J connectivity index is 1.47. The van der Waals surface area contributed by atoms with E-state index in [4.69, 9.17) is 0 Å². The lowest BCUT2D eigenvalue weighted by molar-refractivity contribution is -0.169. The van der Waals surface area contributed by atoms with Gasteiger partial charge in [-0.2, -0.15) is 10.2 Å². The lowest BCUT2D eigenvalue weighted by atomic mass is 9.74. The van der Waals surface area contributed by atoms with Gasteiger partial charge < -0.3 is 15.5 Å². The number of halogens is 4. The van der Waals surface area contributed by atoms with Gasteiger partial charge in [-0.25, -0.2) is 27.1 Å². The second-order valence-corrected chi connectivity index (χ2v) is 10.9. The molecule has 1 amide bonds. The molecule has 0 aromatic carbocycles. The summed E-state index contributed by atoms with van der Waals surface area (Å²) in [5.41, 5.74) is -1.32. The van der Waals surface area contributed by atoms with E-state index in [-0.39, 0.29) is 17.8 Å². The van der Waals surface area contributed by atoms with Gasteiger partial charge in [0, 0.05) is 38.4 Å². The maximum absolute atomic E-state index is 14.5. The monoisotopic (exact) mass is 581 g/mol. The second kappa shape index (κ2) is 10.7. The predicted molar refractivity (Wildman–Crippen MR) is 135 cm³/mol. The molecule has 1 aliphatic heterocycles. The summed E-state index contributed by atoms with van der Waals surface area (Å²) in [6, 6.07) is 3.68. The topological polar surface area (TPSA) is 147 Å². The largest absolute Gasteiger partial charge is 0.480 e. The molecule has 3 aromatic heterocycles. The van der Waals surface area contributed by atoms with Crippen LogP contribution in [0.5, 0.6) is 0 Å². The highest BCUT2D eigenvalue weighted by molar-refractivity contribution is 6.03. The highest BCUT2D eigenvalue weighted by Crippen LogP contribution is 2.43. The van der Waals surface area contributed by atoms with Crippen LogP contribution >= 0.6 is 0 Å². The Bertz CT molecular complexity index is 1440. The molecule has 1 saturated heterocycles. The number of rotatable bonds is 9. The minimum atomic E-state index is -3.41. The van der Waals surface area contributed by atoms with Crippen LogP contribution in [0.15, 0.2) is 30.6 Å². The Morgan fingerprint density at radius 1 is 1.24 bits per heavy atom. The summed E-state index contributed by atoms with van der Waals surface area (Å²) in [6.45, 7) is 1.38. The van der Waals surface area contributed by atoms with Crippen molar-refractivity contribution in [3.8, 4) is 0 Å². The minimum Gasteiger partial charge on any atom is -0.480 e. The molecule has 222 valence electrons. The van der Waals surface area contributed by atoms with E-state index >= 15 is 0 Å². The predicted octanol–water partition coefficient (Wildman–Crippen LogP) is 2.86. The quantitative estimate of drug-likeness (QED) is 0.171. The van der Waals surface area contributed by atoms with Gasteiger partial charge in [-0.1, -0.05) is 0 Å². The number of aliphatic hydroxyl groups is 1. The number of carbonyl (C=O) groups is 2. The number of alkyl halides is 4. The molecule has 4 unspecified atom stereocenters. The molecule has 1 saturated carbocycles. The number of aliphatic carboxylic acids is 1. The zero-order valence-electron chi connectivity index (χ0n) is 22.2. The molecule has 0 bridgehead atoms. The first-order valence-corrected chi connectivity index (χ1v) is 13.4. The van der Waals surface area contributed by atoms with Crippen molar-refractivity contribution in [2.75, 3.05) is 6.54 Å². The molecule has 15 heteroatoms. The summed E-state index contributed by atoms with van der Waals surface area (Å²) in [7, 11) is 0. The molecule has 4 atom stereocenters. The number of hydrogen-bond donors (Lipinski definition) is 4. The van der Waals surface area contributed by atoms with Crippen molar-refractivity contribution in [3.05, 3.63) is 47.7 Å². The Labute approximate surface area is 231 Å². The second-order valence-electron chi connectivity index (χ2n) is 10.9. The Kier molecular flexibility index (Phi) is 7.53. The van der Waals surface area contributed by atoms with Crippen LogP contribution < -0.4 is 10.6 Å². The van der Waals surface area contributed by atoms with E-state index in [1.165, 1.54) is 29.0 Å². The zero-order chi connectivity index (χ0) is 29.6. The van der Waals surface area contributed by atoms with Crippen molar-refractivity contribution in [3.63, 3.8) is 0 Å². The summed E-state index contributed by atoms with van der Waals surface area (Å²) in [5, 5.41) is 34.3. The molecule has 2 fully saturated rings. The van der Waals surface area contributed by atoms with E-state index in [0.29, 0.717) is 30.8 Å². The summed E-state index contributed by atoms with van der Waals surface area (Å²) in [6.07, 6.45) is 0.0903. The number of carbonyl (C=O) groups excluding carboxylic acids is 1. The number of piperidine rings is 1. The third kappa shape index (κ3) is 5.77. The van der Waals surface area contributed by atoms with Gasteiger partial charge in [-0.15, -0.1) is 0 Å². The highest BCUT2D eigenvalue weighted by atomic mass is 19.3. The Morgan fingerprint density at radius 3 is 2.73 bits per heavy atom. The molecule has 3 aromatic rings. The maximum Gasteiger partial charge on any atom is 0.319 e. The fourth-order valence-corrected chi connectivity index (χ4v) is 5.90. The van der Waals surface area contributed by atoms with Crippen molar-refractivity contribution in [2.45, 2.75) is 76.1 Å². The number of aryl methyl sites for hydroxylation is 1. The Hall–Kier alpha value is -3.59. The number of aliphatic hydroxyl groups excluding tert-OH is 1. The first kappa shape index (κ1) is 28.9. The summed E-state index contributed by atoms with van der Waals surface area (Å²) in [5.74, 6) is -9.58. The van der Waals surface area contributed by atoms with Crippen LogP contribution in [0.2, 0.25) is 0 Å². The number of hydrogen-bond acceptors (Lipinski definition) is 7. The molecular weight excluding hydrogens is 550 g/mol. The summed E-state index contributed by atoms with van der Waals surface area (Å²) >= 11 is 0. The number of amides is 1. The van der Waals surface area contributed by atoms with Gasteiger partial charge in [-0.05, 0) is 43.9 Å². The first-order valence-electron chi connectivity index (χ1n) is 13.4. The number of nitrogens with one attached hydrogen (secondary N) is 2. The van der Waals surface area contributed by atoms with Crippen molar-refractivity contribution in [2.24, 2.45) is 11.3 Å². The molecule has 0 radical (unpaired) electrons. The smallest absolute Gasteiger partial charge is 0.319 e. The number of aromatic nitrogens is 5. The minimum absolute atomic E-state index is 0.0530. The zero-order valence-corrected chi connectivity index (χ0v) is 22.2. The van der Waals surface area contributed by atoms with Crippen LogP contribution in [0, 0.1) is 11.3 Å². The summed E-state index contributed by atoms with van der Waals surface area (Å²) in [4.78, 5) is 29.1. The van der Waals surface area contributed by atoms with E-state index in [2.05, 4.69) is 20.5 Å². The number of nitrogens with zero attached hydrogens (tertiary/aromatic N) is 5. The van der Waals surface area contributed by atoms with E-state index in [1.807, 2.05) is 12.2 Å². The maximum atomic E-state index is 14.5. The number of fused-ring (bicyclic) bond motifs is 1. The number of imidazole rings is 1. The lowest BCUT2D eigenvalue weighted by Crippen LogP contribution is -2.59. The molecule has 11 nitrogen and oxygen atoms in total. The molecule has 41 heavy (non-hydrogen) atoms. The van der Waals surface area contributed by atoms with Gasteiger partial charge in [0.25, 0.3) is 5.92 Å². The van der Waals surface area contributed by atoms with E-state index < -0.39 is 73.1 Å². The lowest BCUT2D eigenvalue weighted by Gasteiger charge is -2.36.